The van der Waals surface area contributed by atoms with Gasteiger partial charge in [0.15, 0.2) is 9.84 Å². The molecule has 0 aliphatic heterocycles. The minimum atomic E-state index is -3.58. The molecular formula is C31H35N5O5S. The number of hydrogen-bond donors (Lipinski definition) is 4. The number of ether oxygens (including phenoxy) is 1. The Hall–Kier alpha value is -4.64. The highest BCUT2D eigenvalue weighted by Crippen LogP contribution is 2.24. The van der Waals surface area contributed by atoms with E-state index in [0.717, 1.165) is 33.2 Å². The predicted octanol–water partition coefficient (Wildman–Crippen LogP) is 4.75. The lowest BCUT2D eigenvalue weighted by molar-refractivity contribution is -0.119. The maximum absolute atomic E-state index is 12.7. The summed E-state index contributed by atoms with van der Waals surface area (Å²) >= 11 is 0. The maximum atomic E-state index is 12.7. The van der Waals surface area contributed by atoms with E-state index in [2.05, 4.69) is 20.9 Å². The number of aromatic nitrogens is 1. The number of amides is 2. The molecule has 11 heteroatoms. The first-order valence-electron chi connectivity index (χ1n) is 13.6. The van der Waals surface area contributed by atoms with Crippen LogP contribution in [0.15, 0.2) is 71.8 Å². The molecule has 42 heavy (non-hydrogen) atoms. The Morgan fingerprint density at radius 2 is 1.71 bits per heavy atom. The average molecular weight is 590 g/mol. The number of nitrogens with two attached hydrogens (primary N) is 1. The van der Waals surface area contributed by atoms with Gasteiger partial charge in [-0.05, 0) is 84.0 Å². The number of carbonyl (C=O) groups is 2. The molecule has 0 atom stereocenters. The van der Waals surface area contributed by atoms with E-state index in [9.17, 15) is 18.0 Å². The number of nitrogens with zero attached hydrogens (tertiary/aromatic N) is 1. The molecule has 3 aromatic carbocycles. The summed E-state index contributed by atoms with van der Waals surface area (Å²) in [5, 5.41) is 10.2. The maximum Gasteiger partial charge on any atom is 0.411 e. The van der Waals surface area contributed by atoms with Crippen molar-refractivity contribution in [3.8, 4) is 0 Å². The smallest absolute Gasteiger partial charge is 0.411 e. The Balaban J connectivity index is 1.37. The standard InChI is InChI=1S/C31H35N5O5S/c1-4-42(39,40)28-11-9-25(36-31(38)41-15-13-26-20(2)6-5-7-21(26)3)17-23(28)18-35-29(37)19-34-24-8-10-27-22(16-24)12-14-33-30(27)32/h5-12,14,16-17,34H,4,13,15,18-19H2,1-3H3,(H2,32,33)(H,35,37)(H,36,38). The second-order valence-electron chi connectivity index (χ2n) is 9.87. The van der Waals surface area contributed by atoms with Gasteiger partial charge in [-0.3, -0.25) is 10.1 Å². The minimum Gasteiger partial charge on any atom is -0.449 e. The van der Waals surface area contributed by atoms with Crippen LogP contribution in [-0.4, -0.2) is 44.3 Å². The molecule has 0 radical (unpaired) electrons. The summed E-state index contributed by atoms with van der Waals surface area (Å²) < 4.78 is 30.8. The molecule has 1 heterocycles. The van der Waals surface area contributed by atoms with E-state index in [1.165, 1.54) is 18.2 Å². The van der Waals surface area contributed by atoms with Crippen LogP contribution in [0.3, 0.4) is 0 Å². The fraction of sp³-hybridized carbons (Fsp3) is 0.258. The number of nitrogen functional groups attached to an aromatic ring is 1. The van der Waals surface area contributed by atoms with E-state index in [0.29, 0.717) is 23.5 Å². The number of sulfone groups is 1. The first-order valence-corrected chi connectivity index (χ1v) is 15.2. The van der Waals surface area contributed by atoms with Crippen molar-refractivity contribution in [2.75, 3.05) is 35.3 Å². The summed E-state index contributed by atoms with van der Waals surface area (Å²) in [5.74, 6) is -0.0182. The average Bonchev–Trinajstić information content (AvgIpc) is 2.96. The van der Waals surface area contributed by atoms with Crippen molar-refractivity contribution in [2.24, 2.45) is 0 Å². The molecule has 220 valence electrons. The Kier molecular flexibility index (Phi) is 9.64. The second-order valence-corrected chi connectivity index (χ2v) is 12.1. The molecule has 0 saturated carbocycles. The summed E-state index contributed by atoms with van der Waals surface area (Å²) in [5.41, 5.74) is 10.7. The van der Waals surface area contributed by atoms with Crippen LogP contribution in [0.1, 0.15) is 29.2 Å². The zero-order valence-corrected chi connectivity index (χ0v) is 24.7. The van der Waals surface area contributed by atoms with Crippen LogP contribution >= 0.6 is 0 Å². The largest absolute Gasteiger partial charge is 0.449 e. The number of anilines is 3. The molecule has 0 aliphatic carbocycles. The van der Waals surface area contributed by atoms with E-state index in [-0.39, 0.29) is 36.3 Å². The molecule has 0 fully saturated rings. The molecule has 2 amide bonds. The van der Waals surface area contributed by atoms with Crippen LogP contribution in [0, 0.1) is 13.8 Å². The van der Waals surface area contributed by atoms with Gasteiger partial charge in [0, 0.05) is 35.9 Å². The highest BCUT2D eigenvalue weighted by Gasteiger charge is 2.18. The molecule has 0 aliphatic rings. The van der Waals surface area contributed by atoms with Gasteiger partial charge >= 0.3 is 6.09 Å². The number of nitrogens with one attached hydrogen (secondary N) is 3. The molecule has 5 N–H and O–H groups in total. The van der Waals surface area contributed by atoms with E-state index >= 15 is 0 Å². The summed E-state index contributed by atoms with van der Waals surface area (Å²) in [6.07, 6.45) is 1.54. The van der Waals surface area contributed by atoms with Gasteiger partial charge in [-0.15, -0.1) is 0 Å². The van der Waals surface area contributed by atoms with Crippen molar-refractivity contribution in [1.29, 1.82) is 0 Å². The van der Waals surface area contributed by atoms with Gasteiger partial charge in [-0.1, -0.05) is 25.1 Å². The molecule has 4 rings (SSSR count). The lowest BCUT2D eigenvalue weighted by atomic mass is 10.0. The Morgan fingerprint density at radius 1 is 0.976 bits per heavy atom. The van der Waals surface area contributed by atoms with Gasteiger partial charge in [0.25, 0.3) is 0 Å². The van der Waals surface area contributed by atoms with Crippen molar-refractivity contribution in [3.05, 3.63) is 89.1 Å². The van der Waals surface area contributed by atoms with E-state index in [1.54, 1.807) is 19.2 Å². The fourth-order valence-electron chi connectivity index (χ4n) is 4.65. The van der Waals surface area contributed by atoms with Gasteiger partial charge in [0.2, 0.25) is 5.91 Å². The van der Waals surface area contributed by atoms with E-state index < -0.39 is 15.9 Å². The summed E-state index contributed by atoms with van der Waals surface area (Å²) in [4.78, 5) is 29.3. The van der Waals surface area contributed by atoms with Gasteiger partial charge in [-0.25, -0.2) is 18.2 Å². The zero-order valence-electron chi connectivity index (χ0n) is 23.9. The number of hydrogen-bond acceptors (Lipinski definition) is 8. The topological polar surface area (TPSA) is 153 Å². The van der Waals surface area contributed by atoms with Crippen molar-refractivity contribution >= 4 is 49.8 Å². The lowest BCUT2D eigenvalue weighted by Gasteiger charge is -2.14. The normalized spacial score (nSPS) is 11.2. The molecule has 1 aromatic heterocycles. The molecule has 0 saturated heterocycles. The first kappa shape index (κ1) is 30.3. The quantitative estimate of drug-likeness (QED) is 0.196. The third kappa shape index (κ3) is 7.55. The van der Waals surface area contributed by atoms with Gasteiger partial charge in [0.05, 0.1) is 23.8 Å². The van der Waals surface area contributed by atoms with Crippen molar-refractivity contribution in [2.45, 2.75) is 38.6 Å². The van der Waals surface area contributed by atoms with Gasteiger partial charge < -0.3 is 21.1 Å². The van der Waals surface area contributed by atoms with Gasteiger partial charge in [0.1, 0.15) is 5.82 Å². The van der Waals surface area contributed by atoms with Crippen LogP contribution in [0.25, 0.3) is 10.8 Å². The van der Waals surface area contributed by atoms with Crippen LogP contribution in [0.2, 0.25) is 0 Å². The summed E-state index contributed by atoms with van der Waals surface area (Å²) in [6.45, 7) is 5.69. The molecule has 4 aromatic rings. The SMILES string of the molecule is CCS(=O)(=O)c1ccc(NC(=O)OCCc2c(C)cccc2C)cc1CNC(=O)CNc1ccc2c(N)nccc2c1. The van der Waals surface area contributed by atoms with Crippen LogP contribution < -0.4 is 21.7 Å². The number of pyridine rings is 1. The first-order chi connectivity index (χ1) is 20.1. The number of fused-ring (bicyclic) bond motifs is 1. The lowest BCUT2D eigenvalue weighted by Crippen LogP contribution is -2.30. The van der Waals surface area contributed by atoms with E-state index in [4.69, 9.17) is 10.5 Å². The number of carbonyl (C=O) groups excluding carboxylic acids is 2. The summed E-state index contributed by atoms with van der Waals surface area (Å²) in [6, 6.07) is 17.8. The molecule has 0 unspecified atom stereocenters. The minimum absolute atomic E-state index is 0.0352. The number of rotatable bonds is 11. The molecular weight excluding hydrogens is 554 g/mol. The fourth-order valence-corrected chi connectivity index (χ4v) is 5.76. The predicted molar refractivity (Wildman–Crippen MR) is 165 cm³/mol. The van der Waals surface area contributed by atoms with Crippen molar-refractivity contribution in [3.63, 3.8) is 0 Å². The Morgan fingerprint density at radius 3 is 2.45 bits per heavy atom. The monoisotopic (exact) mass is 589 g/mol. The Labute approximate surface area is 245 Å². The van der Waals surface area contributed by atoms with Crippen molar-refractivity contribution < 1.29 is 22.7 Å². The van der Waals surface area contributed by atoms with Gasteiger partial charge in [-0.2, -0.15) is 0 Å². The molecule has 0 bridgehead atoms. The second kappa shape index (κ2) is 13.3. The highest BCUT2D eigenvalue weighted by atomic mass is 32.2. The summed E-state index contributed by atoms with van der Waals surface area (Å²) in [7, 11) is -3.58. The zero-order chi connectivity index (χ0) is 30.3. The van der Waals surface area contributed by atoms with Crippen LogP contribution in [0.5, 0.6) is 0 Å². The Bertz CT molecular complexity index is 1700. The van der Waals surface area contributed by atoms with E-state index in [1.807, 2.05) is 50.2 Å². The number of aryl methyl sites for hydroxylation is 2. The molecule has 10 nitrogen and oxygen atoms in total. The third-order valence-electron chi connectivity index (χ3n) is 6.98. The number of benzene rings is 3. The van der Waals surface area contributed by atoms with Crippen LogP contribution in [0.4, 0.5) is 22.0 Å². The van der Waals surface area contributed by atoms with Crippen LogP contribution in [-0.2, 0) is 32.3 Å². The molecule has 0 spiro atoms. The van der Waals surface area contributed by atoms with Crippen molar-refractivity contribution in [1.82, 2.24) is 10.3 Å². The third-order valence-corrected chi connectivity index (χ3v) is 8.80. The highest BCUT2D eigenvalue weighted by molar-refractivity contribution is 7.91.